The smallest absolute Gasteiger partial charge is 0.270 e. The molecule has 0 saturated heterocycles. The highest BCUT2D eigenvalue weighted by atomic mass is 16.5. The minimum Gasteiger partial charge on any atom is -0.494 e. The standard InChI is InChI=1S/C20H20N4O2/c1-2-26-18-7-5-16(6-8-18)24-17-9-11-22-19(12-17)20(25)23-14-15-4-3-10-21-13-15/h3-13H,2,14H2,1H3,(H,22,24)(H,23,25). The van der Waals surface area contributed by atoms with Crippen LogP contribution in [0, 0.1) is 0 Å². The molecule has 2 heterocycles. The zero-order valence-electron chi connectivity index (χ0n) is 14.5. The van der Waals surface area contributed by atoms with Crippen LogP contribution in [0.5, 0.6) is 5.75 Å². The second-order valence-electron chi connectivity index (χ2n) is 5.56. The first-order chi connectivity index (χ1) is 12.7. The molecule has 2 aromatic heterocycles. The third-order valence-electron chi connectivity index (χ3n) is 3.62. The van der Waals surface area contributed by atoms with E-state index in [1.54, 1.807) is 24.7 Å². The summed E-state index contributed by atoms with van der Waals surface area (Å²) in [4.78, 5) is 20.5. The van der Waals surface area contributed by atoms with Gasteiger partial charge < -0.3 is 15.4 Å². The first-order valence-electron chi connectivity index (χ1n) is 8.37. The molecule has 26 heavy (non-hydrogen) atoms. The molecule has 0 spiro atoms. The van der Waals surface area contributed by atoms with Crippen molar-refractivity contribution >= 4 is 17.3 Å². The first kappa shape index (κ1) is 17.4. The Bertz CT molecular complexity index is 851. The Kier molecular flexibility index (Phi) is 5.77. The molecule has 0 bridgehead atoms. The average molecular weight is 348 g/mol. The number of amides is 1. The normalized spacial score (nSPS) is 10.2. The van der Waals surface area contributed by atoms with Crippen molar-refractivity contribution in [1.82, 2.24) is 15.3 Å². The second-order valence-corrected chi connectivity index (χ2v) is 5.56. The van der Waals surface area contributed by atoms with E-state index in [0.29, 0.717) is 18.8 Å². The van der Waals surface area contributed by atoms with Crippen LogP contribution in [-0.4, -0.2) is 22.5 Å². The number of carbonyl (C=O) groups is 1. The summed E-state index contributed by atoms with van der Waals surface area (Å²) in [6.45, 7) is 2.99. The summed E-state index contributed by atoms with van der Waals surface area (Å²) < 4.78 is 5.43. The van der Waals surface area contributed by atoms with Crippen molar-refractivity contribution < 1.29 is 9.53 Å². The van der Waals surface area contributed by atoms with Gasteiger partial charge in [-0.3, -0.25) is 14.8 Å². The highest BCUT2D eigenvalue weighted by Crippen LogP contribution is 2.20. The van der Waals surface area contributed by atoms with E-state index < -0.39 is 0 Å². The van der Waals surface area contributed by atoms with E-state index in [2.05, 4.69) is 20.6 Å². The summed E-state index contributed by atoms with van der Waals surface area (Å²) in [7, 11) is 0. The lowest BCUT2D eigenvalue weighted by molar-refractivity contribution is 0.0946. The summed E-state index contributed by atoms with van der Waals surface area (Å²) in [6.07, 6.45) is 5.02. The quantitative estimate of drug-likeness (QED) is 0.683. The van der Waals surface area contributed by atoms with E-state index in [-0.39, 0.29) is 5.91 Å². The summed E-state index contributed by atoms with van der Waals surface area (Å²) in [5.74, 6) is 0.590. The van der Waals surface area contributed by atoms with Crippen LogP contribution in [0.1, 0.15) is 23.0 Å². The zero-order chi connectivity index (χ0) is 18.2. The first-order valence-corrected chi connectivity index (χ1v) is 8.37. The molecule has 2 N–H and O–H groups in total. The molecule has 0 aliphatic heterocycles. The Labute approximate surface area is 152 Å². The minimum absolute atomic E-state index is 0.232. The third kappa shape index (κ3) is 4.80. The molecule has 0 aliphatic rings. The highest BCUT2D eigenvalue weighted by molar-refractivity contribution is 5.93. The monoisotopic (exact) mass is 348 g/mol. The van der Waals surface area contributed by atoms with Gasteiger partial charge in [-0.15, -0.1) is 0 Å². The van der Waals surface area contributed by atoms with E-state index in [4.69, 9.17) is 4.74 Å². The number of carbonyl (C=O) groups excluding carboxylic acids is 1. The fraction of sp³-hybridized carbons (Fsp3) is 0.150. The predicted octanol–water partition coefficient (Wildman–Crippen LogP) is 3.55. The van der Waals surface area contributed by atoms with Crippen LogP contribution in [-0.2, 0) is 6.54 Å². The van der Waals surface area contributed by atoms with Crippen LogP contribution in [0.4, 0.5) is 11.4 Å². The molecule has 132 valence electrons. The number of hydrogen-bond acceptors (Lipinski definition) is 5. The van der Waals surface area contributed by atoms with Gasteiger partial charge in [-0.25, -0.2) is 0 Å². The largest absolute Gasteiger partial charge is 0.494 e. The van der Waals surface area contributed by atoms with Crippen molar-refractivity contribution in [1.29, 1.82) is 0 Å². The van der Waals surface area contributed by atoms with Crippen LogP contribution >= 0.6 is 0 Å². The van der Waals surface area contributed by atoms with Gasteiger partial charge in [-0.2, -0.15) is 0 Å². The molecule has 3 aromatic rings. The lowest BCUT2D eigenvalue weighted by Crippen LogP contribution is -2.23. The fourth-order valence-electron chi connectivity index (χ4n) is 2.38. The maximum absolute atomic E-state index is 12.3. The van der Waals surface area contributed by atoms with Crippen LogP contribution in [0.2, 0.25) is 0 Å². The summed E-state index contributed by atoms with van der Waals surface area (Å²) in [5, 5.41) is 6.10. The van der Waals surface area contributed by atoms with Crippen molar-refractivity contribution in [2.45, 2.75) is 13.5 Å². The number of hydrogen-bond donors (Lipinski definition) is 2. The maximum atomic E-state index is 12.3. The average Bonchev–Trinajstić information content (AvgIpc) is 2.69. The predicted molar refractivity (Wildman–Crippen MR) is 101 cm³/mol. The molecule has 0 aliphatic carbocycles. The van der Waals surface area contributed by atoms with Gasteiger partial charge in [0, 0.05) is 36.5 Å². The van der Waals surface area contributed by atoms with E-state index >= 15 is 0 Å². The number of rotatable bonds is 7. The van der Waals surface area contributed by atoms with E-state index in [0.717, 1.165) is 22.7 Å². The minimum atomic E-state index is -0.232. The van der Waals surface area contributed by atoms with E-state index in [9.17, 15) is 4.79 Å². The van der Waals surface area contributed by atoms with Crippen molar-refractivity contribution in [3.05, 3.63) is 78.4 Å². The molecule has 3 rings (SSSR count). The number of anilines is 2. The van der Waals surface area contributed by atoms with Crippen molar-refractivity contribution in [2.75, 3.05) is 11.9 Å². The van der Waals surface area contributed by atoms with Gasteiger partial charge in [0.1, 0.15) is 11.4 Å². The number of benzene rings is 1. The van der Waals surface area contributed by atoms with Gasteiger partial charge in [0.2, 0.25) is 0 Å². The lowest BCUT2D eigenvalue weighted by Gasteiger charge is -2.09. The second kappa shape index (κ2) is 8.62. The number of nitrogens with zero attached hydrogens (tertiary/aromatic N) is 2. The highest BCUT2D eigenvalue weighted by Gasteiger charge is 2.08. The van der Waals surface area contributed by atoms with Crippen LogP contribution < -0.4 is 15.4 Å². The number of ether oxygens (including phenoxy) is 1. The van der Waals surface area contributed by atoms with Crippen molar-refractivity contribution in [3.8, 4) is 5.75 Å². The SMILES string of the molecule is CCOc1ccc(Nc2ccnc(C(=O)NCc3cccnc3)c2)cc1. The molecule has 1 aromatic carbocycles. The van der Waals surface area contributed by atoms with Gasteiger partial charge in [0.15, 0.2) is 0 Å². The van der Waals surface area contributed by atoms with Gasteiger partial charge in [0.05, 0.1) is 6.61 Å². The summed E-state index contributed by atoms with van der Waals surface area (Å²) in [6, 6.07) is 14.9. The Balaban J connectivity index is 1.62. The molecule has 0 fully saturated rings. The molecule has 0 atom stereocenters. The van der Waals surface area contributed by atoms with Crippen LogP contribution in [0.15, 0.2) is 67.1 Å². The summed E-state index contributed by atoms with van der Waals surface area (Å²) in [5.41, 5.74) is 2.98. The van der Waals surface area contributed by atoms with E-state index in [1.807, 2.05) is 49.4 Å². The lowest BCUT2D eigenvalue weighted by atomic mass is 10.2. The Morgan fingerprint density at radius 3 is 2.65 bits per heavy atom. The Hall–Kier alpha value is -3.41. The van der Waals surface area contributed by atoms with Crippen molar-refractivity contribution in [2.24, 2.45) is 0 Å². The molecule has 6 heteroatoms. The van der Waals surface area contributed by atoms with Gasteiger partial charge >= 0.3 is 0 Å². The molecule has 0 saturated carbocycles. The molecule has 0 radical (unpaired) electrons. The maximum Gasteiger partial charge on any atom is 0.270 e. The van der Waals surface area contributed by atoms with Gasteiger partial charge in [-0.05, 0) is 55.0 Å². The molecule has 0 unspecified atom stereocenters. The van der Waals surface area contributed by atoms with Crippen LogP contribution in [0.25, 0.3) is 0 Å². The van der Waals surface area contributed by atoms with Gasteiger partial charge in [-0.1, -0.05) is 6.07 Å². The molecule has 6 nitrogen and oxygen atoms in total. The Morgan fingerprint density at radius 2 is 1.92 bits per heavy atom. The fourth-order valence-corrected chi connectivity index (χ4v) is 2.38. The van der Waals surface area contributed by atoms with Crippen molar-refractivity contribution in [3.63, 3.8) is 0 Å². The Morgan fingerprint density at radius 1 is 1.08 bits per heavy atom. The molecular weight excluding hydrogens is 328 g/mol. The topological polar surface area (TPSA) is 76.1 Å². The number of nitrogens with one attached hydrogen (secondary N) is 2. The number of aromatic nitrogens is 2. The van der Waals surface area contributed by atoms with E-state index in [1.165, 1.54) is 0 Å². The molecular formula is C20H20N4O2. The third-order valence-corrected chi connectivity index (χ3v) is 3.62. The van der Waals surface area contributed by atoms with Gasteiger partial charge in [0.25, 0.3) is 5.91 Å². The van der Waals surface area contributed by atoms with Crippen LogP contribution in [0.3, 0.4) is 0 Å². The zero-order valence-corrected chi connectivity index (χ0v) is 14.5. The summed E-state index contributed by atoms with van der Waals surface area (Å²) >= 11 is 0. The molecule has 1 amide bonds. The number of pyridine rings is 2.